The molecule has 9 heteroatoms. The minimum Gasteiger partial charge on any atom is -0.618 e. The highest BCUT2D eigenvalue weighted by atomic mass is 32.2. The second-order valence-electron chi connectivity index (χ2n) is 6.58. The Hall–Kier alpha value is -3.98. The van der Waals surface area contributed by atoms with Crippen molar-refractivity contribution in [2.75, 3.05) is 7.05 Å². The van der Waals surface area contributed by atoms with Gasteiger partial charge in [-0.1, -0.05) is 12.1 Å². The van der Waals surface area contributed by atoms with Crippen LogP contribution in [-0.2, 0) is 10.8 Å². The first-order chi connectivity index (χ1) is 15.0. The molecule has 2 N–H and O–H groups in total. The van der Waals surface area contributed by atoms with Gasteiger partial charge < -0.3 is 15.7 Å². The highest BCUT2D eigenvalue weighted by Crippen LogP contribution is 2.26. The zero-order valence-corrected chi connectivity index (χ0v) is 17.2. The summed E-state index contributed by atoms with van der Waals surface area (Å²) in [5.74, 6) is -0.332. The molecule has 2 heterocycles. The quantitative estimate of drug-likeness (QED) is 0.285. The Balaban J connectivity index is 1.72. The molecule has 8 nitrogen and oxygen atoms in total. The van der Waals surface area contributed by atoms with Crippen LogP contribution >= 0.6 is 0 Å². The van der Waals surface area contributed by atoms with E-state index in [0.717, 1.165) is 4.73 Å². The lowest BCUT2D eigenvalue weighted by atomic mass is 10.2. The van der Waals surface area contributed by atoms with Gasteiger partial charge in [-0.2, -0.15) is 4.73 Å². The van der Waals surface area contributed by atoms with Crippen molar-refractivity contribution >= 4 is 39.8 Å². The smallest absolute Gasteiger partial charge is 0.252 e. The SMILES string of the molecule is CNC(=O)c1ccccc1S(=O)c1ccc2c(/C=C/c3cccc[n+]3[O-])nn(O)c2c1. The van der Waals surface area contributed by atoms with Crippen LogP contribution in [0.1, 0.15) is 21.7 Å². The Labute approximate surface area is 180 Å². The third kappa shape index (κ3) is 3.90. The first kappa shape index (κ1) is 20.3. The van der Waals surface area contributed by atoms with Crippen LogP contribution in [0.4, 0.5) is 0 Å². The molecule has 0 radical (unpaired) electrons. The number of rotatable bonds is 5. The first-order valence-corrected chi connectivity index (χ1v) is 10.5. The van der Waals surface area contributed by atoms with Crippen molar-refractivity contribution in [2.24, 2.45) is 0 Å². The summed E-state index contributed by atoms with van der Waals surface area (Å²) in [5.41, 5.74) is 1.54. The Morgan fingerprint density at radius 1 is 1.16 bits per heavy atom. The maximum Gasteiger partial charge on any atom is 0.252 e. The van der Waals surface area contributed by atoms with E-state index in [1.54, 1.807) is 72.8 Å². The molecule has 1 atom stereocenters. The van der Waals surface area contributed by atoms with E-state index in [0.29, 0.717) is 42.5 Å². The van der Waals surface area contributed by atoms with Gasteiger partial charge >= 0.3 is 0 Å². The molecule has 0 bridgehead atoms. The number of hydrogen-bond acceptors (Lipinski definition) is 5. The molecule has 1 amide bonds. The van der Waals surface area contributed by atoms with Crippen LogP contribution in [0.25, 0.3) is 23.1 Å². The van der Waals surface area contributed by atoms with Gasteiger partial charge in [-0.05, 0) is 42.5 Å². The van der Waals surface area contributed by atoms with Crippen LogP contribution in [0, 0.1) is 5.21 Å². The molecule has 2 aromatic heterocycles. The fraction of sp³-hybridized carbons (Fsp3) is 0.0455. The number of hydrogen-bond donors (Lipinski definition) is 2. The van der Waals surface area contributed by atoms with E-state index >= 15 is 0 Å². The summed E-state index contributed by atoms with van der Waals surface area (Å²) in [6.45, 7) is 0. The molecule has 0 saturated carbocycles. The average Bonchev–Trinajstić information content (AvgIpc) is 3.12. The van der Waals surface area contributed by atoms with Crippen LogP contribution in [-0.4, -0.2) is 32.3 Å². The molecule has 0 saturated heterocycles. The van der Waals surface area contributed by atoms with E-state index < -0.39 is 10.8 Å². The molecule has 2 aromatic carbocycles. The number of nitrogens with one attached hydrogen (secondary N) is 1. The zero-order chi connectivity index (χ0) is 22.0. The van der Waals surface area contributed by atoms with Gasteiger partial charge in [-0.25, -0.2) is 4.21 Å². The monoisotopic (exact) mass is 434 g/mol. The Morgan fingerprint density at radius 2 is 1.94 bits per heavy atom. The summed E-state index contributed by atoms with van der Waals surface area (Å²) in [6.07, 6.45) is 4.61. The van der Waals surface area contributed by atoms with Crippen molar-refractivity contribution in [1.29, 1.82) is 0 Å². The summed E-state index contributed by atoms with van der Waals surface area (Å²) < 4.78 is 13.9. The summed E-state index contributed by atoms with van der Waals surface area (Å²) in [5, 5.41) is 29.3. The number of carbonyl (C=O) groups is 1. The molecular weight excluding hydrogens is 416 g/mol. The molecule has 1 unspecified atom stereocenters. The normalized spacial score (nSPS) is 12.3. The van der Waals surface area contributed by atoms with Crippen LogP contribution in [0.2, 0.25) is 0 Å². The first-order valence-electron chi connectivity index (χ1n) is 9.31. The van der Waals surface area contributed by atoms with Gasteiger partial charge in [-0.15, -0.1) is 9.94 Å². The molecule has 156 valence electrons. The minimum atomic E-state index is -1.65. The second-order valence-corrected chi connectivity index (χ2v) is 8.03. The highest BCUT2D eigenvalue weighted by Gasteiger charge is 2.18. The minimum absolute atomic E-state index is 0.318. The van der Waals surface area contributed by atoms with Crippen molar-refractivity contribution < 1.29 is 18.9 Å². The summed E-state index contributed by atoms with van der Waals surface area (Å²) >= 11 is 0. The predicted molar refractivity (Wildman–Crippen MR) is 116 cm³/mol. The zero-order valence-electron chi connectivity index (χ0n) is 16.4. The van der Waals surface area contributed by atoms with Crippen molar-refractivity contribution in [1.82, 2.24) is 15.3 Å². The lowest BCUT2D eigenvalue weighted by Crippen LogP contribution is -2.28. The molecule has 0 aliphatic carbocycles. The van der Waals surface area contributed by atoms with Crippen LogP contribution in [0.15, 0.2) is 76.7 Å². The van der Waals surface area contributed by atoms with Gasteiger partial charge in [0.2, 0.25) is 5.69 Å². The summed E-state index contributed by atoms with van der Waals surface area (Å²) in [4.78, 5) is 13.6. The molecule has 4 aromatic rings. The molecular formula is C22H18N4O4S. The van der Waals surface area contributed by atoms with E-state index in [4.69, 9.17) is 0 Å². The number of fused-ring (bicyclic) bond motifs is 1. The number of benzene rings is 2. The molecule has 0 fully saturated rings. The number of aromatic nitrogens is 3. The van der Waals surface area contributed by atoms with E-state index in [9.17, 15) is 19.4 Å². The largest absolute Gasteiger partial charge is 0.618 e. The maximum atomic E-state index is 13.2. The van der Waals surface area contributed by atoms with Gasteiger partial charge in [0.15, 0.2) is 6.20 Å². The van der Waals surface area contributed by atoms with Crippen LogP contribution in [0.5, 0.6) is 0 Å². The van der Waals surface area contributed by atoms with E-state index in [1.807, 2.05) is 0 Å². The van der Waals surface area contributed by atoms with E-state index in [-0.39, 0.29) is 5.91 Å². The third-order valence-electron chi connectivity index (χ3n) is 4.70. The standard InChI is InChI=1S/C22H18N4O4S/c1-23-22(27)18-7-2-3-8-21(18)31(30)16-10-11-17-19(24-26(29)20(17)14-16)12-9-15-6-4-5-13-25(15)28/h2-14,29H,1H3,(H,23,27)/b12-9+. The Bertz CT molecular complexity index is 1350. The van der Waals surface area contributed by atoms with Crippen molar-refractivity contribution in [3.63, 3.8) is 0 Å². The van der Waals surface area contributed by atoms with Gasteiger partial charge in [0, 0.05) is 35.5 Å². The molecule has 31 heavy (non-hydrogen) atoms. The molecule has 0 aliphatic rings. The van der Waals surface area contributed by atoms with Crippen molar-refractivity contribution in [3.8, 4) is 0 Å². The van der Waals surface area contributed by atoms with Gasteiger partial charge in [0.1, 0.15) is 5.52 Å². The lowest BCUT2D eigenvalue weighted by molar-refractivity contribution is -0.607. The molecule has 4 rings (SSSR count). The Morgan fingerprint density at radius 3 is 2.71 bits per heavy atom. The van der Waals surface area contributed by atoms with Crippen molar-refractivity contribution in [3.05, 3.63) is 89.0 Å². The van der Waals surface area contributed by atoms with Crippen molar-refractivity contribution in [2.45, 2.75) is 9.79 Å². The van der Waals surface area contributed by atoms with Gasteiger partial charge in [0.05, 0.1) is 27.0 Å². The maximum absolute atomic E-state index is 13.2. The van der Waals surface area contributed by atoms with Gasteiger partial charge in [0.25, 0.3) is 5.91 Å². The summed E-state index contributed by atoms with van der Waals surface area (Å²) in [7, 11) is -0.137. The van der Waals surface area contributed by atoms with Gasteiger partial charge in [-0.3, -0.25) is 4.79 Å². The average molecular weight is 434 g/mol. The fourth-order valence-corrected chi connectivity index (χ4v) is 4.38. The third-order valence-corrected chi connectivity index (χ3v) is 6.14. The Kier molecular flexibility index (Phi) is 5.50. The summed E-state index contributed by atoms with van der Waals surface area (Å²) in [6, 6.07) is 16.6. The van der Waals surface area contributed by atoms with Crippen LogP contribution < -0.4 is 10.0 Å². The highest BCUT2D eigenvalue weighted by molar-refractivity contribution is 7.85. The fourth-order valence-electron chi connectivity index (χ4n) is 3.15. The number of pyridine rings is 1. The van der Waals surface area contributed by atoms with E-state index in [1.165, 1.54) is 13.2 Å². The second kappa shape index (κ2) is 8.41. The lowest BCUT2D eigenvalue weighted by Gasteiger charge is -2.08. The topological polar surface area (TPSA) is 111 Å². The number of nitrogens with zero attached hydrogens (tertiary/aromatic N) is 3. The number of carbonyl (C=O) groups excluding carboxylic acids is 1. The number of amides is 1. The predicted octanol–water partition coefficient (Wildman–Crippen LogP) is 2.60. The van der Waals surface area contributed by atoms with E-state index in [2.05, 4.69) is 10.4 Å². The van der Waals surface area contributed by atoms with Crippen LogP contribution in [0.3, 0.4) is 0 Å². The molecule has 0 spiro atoms. The molecule has 0 aliphatic heterocycles.